The maximum Gasteiger partial charge on any atom is 0.277 e. The van der Waals surface area contributed by atoms with Crippen LogP contribution in [0.25, 0.3) is 0 Å². The SMILES string of the molecule is Cc1[nH]nc(C(=O)Nc2cccc(CN3CCCCC3=O)c2)c1Br. The Bertz CT molecular complexity index is 772. The molecule has 1 aromatic carbocycles. The highest BCUT2D eigenvalue weighted by Gasteiger charge is 2.19. The third-order valence-corrected chi connectivity index (χ3v) is 5.04. The van der Waals surface area contributed by atoms with Gasteiger partial charge in [0.15, 0.2) is 5.69 Å². The van der Waals surface area contributed by atoms with Gasteiger partial charge < -0.3 is 10.2 Å². The zero-order valence-corrected chi connectivity index (χ0v) is 15.0. The Labute approximate surface area is 148 Å². The molecule has 1 aliphatic heterocycles. The molecule has 6 nitrogen and oxygen atoms in total. The molecular formula is C17H19BrN4O2. The zero-order chi connectivity index (χ0) is 17.1. The molecule has 0 bridgehead atoms. The van der Waals surface area contributed by atoms with Crippen molar-refractivity contribution in [1.29, 1.82) is 0 Å². The summed E-state index contributed by atoms with van der Waals surface area (Å²) in [4.78, 5) is 26.1. The summed E-state index contributed by atoms with van der Waals surface area (Å²) in [5, 5.41) is 9.62. The molecule has 0 atom stereocenters. The van der Waals surface area contributed by atoms with Gasteiger partial charge in [0.2, 0.25) is 5.91 Å². The third kappa shape index (κ3) is 3.67. The van der Waals surface area contributed by atoms with Gasteiger partial charge in [0.25, 0.3) is 5.91 Å². The van der Waals surface area contributed by atoms with Gasteiger partial charge in [-0.15, -0.1) is 0 Å². The quantitative estimate of drug-likeness (QED) is 0.840. The van der Waals surface area contributed by atoms with E-state index < -0.39 is 0 Å². The van der Waals surface area contributed by atoms with Crippen LogP contribution in [-0.2, 0) is 11.3 Å². The van der Waals surface area contributed by atoms with Crippen LogP contribution in [0.2, 0.25) is 0 Å². The Kier molecular flexibility index (Phi) is 4.99. The number of hydrogen-bond acceptors (Lipinski definition) is 3. The van der Waals surface area contributed by atoms with Crippen molar-refractivity contribution in [2.45, 2.75) is 32.7 Å². The number of rotatable bonds is 4. The van der Waals surface area contributed by atoms with E-state index in [4.69, 9.17) is 0 Å². The summed E-state index contributed by atoms with van der Waals surface area (Å²) in [6.07, 6.45) is 2.65. The maximum absolute atomic E-state index is 12.3. The van der Waals surface area contributed by atoms with Gasteiger partial charge in [-0.1, -0.05) is 12.1 Å². The van der Waals surface area contributed by atoms with Crippen LogP contribution < -0.4 is 5.32 Å². The third-order valence-electron chi connectivity index (χ3n) is 4.07. The van der Waals surface area contributed by atoms with E-state index in [2.05, 4.69) is 31.4 Å². The normalized spacial score (nSPS) is 14.8. The molecule has 7 heteroatoms. The standard InChI is InChI=1S/C17H19BrN4O2/c1-11-15(18)16(21-20-11)17(24)19-13-6-4-5-12(9-13)10-22-8-3-2-7-14(22)23/h4-6,9H,2-3,7-8,10H2,1H3,(H,19,24)(H,20,21). The lowest BCUT2D eigenvalue weighted by Gasteiger charge is -2.26. The van der Waals surface area contributed by atoms with E-state index in [9.17, 15) is 9.59 Å². The van der Waals surface area contributed by atoms with Crippen molar-refractivity contribution in [3.63, 3.8) is 0 Å². The van der Waals surface area contributed by atoms with Crippen LogP contribution >= 0.6 is 15.9 Å². The monoisotopic (exact) mass is 390 g/mol. The van der Waals surface area contributed by atoms with Gasteiger partial charge >= 0.3 is 0 Å². The van der Waals surface area contributed by atoms with Crippen LogP contribution in [0.1, 0.15) is 41.0 Å². The number of nitrogens with one attached hydrogen (secondary N) is 2. The van der Waals surface area contributed by atoms with Crippen LogP contribution in [0.4, 0.5) is 5.69 Å². The molecule has 2 aromatic rings. The summed E-state index contributed by atoms with van der Waals surface area (Å²) >= 11 is 3.35. The van der Waals surface area contributed by atoms with Gasteiger partial charge in [0, 0.05) is 30.9 Å². The number of carbonyl (C=O) groups is 2. The fraction of sp³-hybridized carbons (Fsp3) is 0.353. The van der Waals surface area contributed by atoms with E-state index in [1.807, 2.05) is 36.1 Å². The smallest absolute Gasteiger partial charge is 0.277 e. The van der Waals surface area contributed by atoms with Crippen LogP contribution in [-0.4, -0.2) is 33.5 Å². The summed E-state index contributed by atoms with van der Waals surface area (Å²) in [6.45, 7) is 3.22. The summed E-state index contributed by atoms with van der Waals surface area (Å²) < 4.78 is 0.662. The number of aromatic amines is 1. The molecule has 3 rings (SSSR count). The van der Waals surface area contributed by atoms with Crippen molar-refractivity contribution in [2.75, 3.05) is 11.9 Å². The molecule has 0 unspecified atom stereocenters. The van der Waals surface area contributed by atoms with Crippen LogP contribution in [0.5, 0.6) is 0 Å². The predicted molar refractivity (Wildman–Crippen MR) is 94.7 cm³/mol. The predicted octanol–water partition coefficient (Wildman–Crippen LogP) is 3.25. The number of carbonyl (C=O) groups excluding carboxylic acids is 2. The number of likely N-dealkylation sites (tertiary alicyclic amines) is 1. The average molecular weight is 391 g/mol. The van der Waals surface area contributed by atoms with E-state index in [0.717, 1.165) is 30.6 Å². The second-order valence-corrected chi connectivity index (χ2v) is 6.73. The van der Waals surface area contributed by atoms with E-state index in [-0.39, 0.29) is 11.8 Å². The van der Waals surface area contributed by atoms with E-state index in [1.165, 1.54) is 0 Å². The Hall–Kier alpha value is -2.15. The Morgan fingerprint density at radius 2 is 2.25 bits per heavy atom. The number of amides is 2. The lowest BCUT2D eigenvalue weighted by molar-refractivity contribution is -0.133. The molecule has 0 aliphatic carbocycles. The minimum atomic E-state index is -0.280. The van der Waals surface area contributed by atoms with Gasteiger partial charge in [0.05, 0.1) is 4.47 Å². The summed E-state index contributed by atoms with van der Waals surface area (Å²) in [5.41, 5.74) is 2.82. The van der Waals surface area contributed by atoms with Gasteiger partial charge in [-0.05, 0) is 53.4 Å². The molecule has 0 radical (unpaired) electrons. The molecule has 0 spiro atoms. The van der Waals surface area contributed by atoms with Crippen LogP contribution in [0.15, 0.2) is 28.7 Å². The fourth-order valence-electron chi connectivity index (χ4n) is 2.75. The topological polar surface area (TPSA) is 78.1 Å². The molecule has 24 heavy (non-hydrogen) atoms. The van der Waals surface area contributed by atoms with Gasteiger partial charge in [-0.2, -0.15) is 5.10 Å². The second-order valence-electron chi connectivity index (χ2n) is 5.94. The Morgan fingerprint density at radius 3 is 2.96 bits per heavy atom. The number of benzene rings is 1. The number of anilines is 1. The minimum absolute atomic E-state index is 0.201. The summed E-state index contributed by atoms with van der Waals surface area (Å²) in [6, 6.07) is 7.57. The van der Waals surface area contributed by atoms with E-state index >= 15 is 0 Å². The van der Waals surface area contributed by atoms with Crippen LogP contribution in [0, 0.1) is 6.92 Å². The summed E-state index contributed by atoms with van der Waals surface area (Å²) in [5.74, 6) is -0.0796. The molecule has 126 valence electrons. The first-order chi connectivity index (χ1) is 11.5. The number of halogens is 1. The second kappa shape index (κ2) is 7.17. The van der Waals surface area contributed by atoms with Gasteiger partial charge in [-0.3, -0.25) is 14.7 Å². The van der Waals surface area contributed by atoms with Gasteiger partial charge in [0.1, 0.15) is 0 Å². The molecule has 2 N–H and O–H groups in total. The maximum atomic E-state index is 12.3. The molecule has 0 saturated carbocycles. The first-order valence-electron chi connectivity index (χ1n) is 7.93. The molecule has 1 aliphatic rings. The lowest BCUT2D eigenvalue weighted by Crippen LogP contribution is -2.34. The largest absolute Gasteiger partial charge is 0.338 e. The van der Waals surface area contributed by atoms with Crippen molar-refractivity contribution in [3.8, 4) is 0 Å². The van der Waals surface area contributed by atoms with Crippen molar-refractivity contribution in [1.82, 2.24) is 15.1 Å². The average Bonchev–Trinajstić information content (AvgIpc) is 2.90. The lowest BCUT2D eigenvalue weighted by atomic mass is 10.1. The van der Waals surface area contributed by atoms with Gasteiger partial charge in [-0.25, -0.2) is 0 Å². The highest BCUT2D eigenvalue weighted by molar-refractivity contribution is 9.10. The number of hydrogen-bond donors (Lipinski definition) is 2. The number of H-pyrrole nitrogens is 1. The van der Waals surface area contributed by atoms with Crippen molar-refractivity contribution in [2.24, 2.45) is 0 Å². The number of nitrogens with zero attached hydrogens (tertiary/aromatic N) is 2. The molecular weight excluding hydrogens is 372 g/mol. The molecule has 2 heterocycles. The molecule has 1 fully saturated rings. The first-order valence-corrected chi connectivity index (χ1v) is 8.72. The minimum Gasteiger partial charge on any atom is -0.338 e. The highest BCUT2D eigenvalue weighted by atomic mass is 79.9. The van der Waals surface area contributed by atoms with Crippen LogP contribution in [0.3, 0.4) is 0 Å². The first kappa shape index (κ1) is 16.7. The molecule has 1 saturated heterocycles. The van der Waals surface area contributed by atoms with Crippen molar-refractivity contribution < 1.29 is 9.59 Å². The highest BCUT2D eigenvalue weighted by Crippen LogP contribution is 2.21. The zero-order valence-electron chi connectivity index (χ0n) is 13.4. The number of aromatic nitrogens is 2. The Morgan fingerprint density at radius 1 is 1.42 bits per heavy atom. The number of aryl methyl sites for hydroxylation is 1. The molecule has 2 amide bonds. The Balaban J connectivity index is 1.70. The van der Waals surface area contributed by atoms with E-state index in [0.29, 0.717) is 28.8 Å². The summed E-state index contributed by atoms with van der Waals surface area (Å²) in [7, 11) is 0. The molecule has 1 aromatic heterocycles. The van der Waals surface area contributed by atoms with Crippen molar-refractivity contribution >= 4 is 33.4 Å². The van der Waals surface area contributed by atoms with Crippen molar-refractivity contribution in [3.05, 3.63) is 45.7 Å². The number of piperidine rings is 1. The van der Waals surface area contributed by atoms with E-state index in [1.54, 1.807) is 0 Å². The fourth-order valence-corrected chi connectivity index (χ4v) is 3.11.